The summed E-state index contributed by atoms with van der Waals surface area (Å²) in [7, 11) is -2.28. The molecule has 1 aliphatic heterocycles. The normalized spacial score (nSPS) is 16.3. The van der Waals surface area contributed by atoms with Crippen molar-refractivity contribution in [3.05, 3.63) is 69.9 Å². The standard InChI is InChI=1S/C21H22N4O6S/c1-24(32(29,30)18-5-3-17(4-6-18)25(27)28)9-8-15-12-22-20-7-2-14(11-19(15)20)10-16-13-31-21(26)23-16/h2-7,11-12,16,22H,8-10,13H2,1H3,(H,23,26). The number of nitrogens with one attached hydrogen (secondary N) is 2. The maximum atomic E-state index is 12.8. The second-order valence-electron chi connectivity index (χ2n) is 7.67. The van der Waals surface area contributed by atoms with Crippen molar-refractivity contribution in [3.8, 4) is 0 Å². The molecule has 0 bridgehead atoms. The number of H-pyrrole nitrogens is 1. The molecule has 1 aliphatic rings. The lowest BCUT2D eigenvalue weighted by Crippen LogP contribution is -2.29. The van der Waals surface area contributed by atoms with E-state index in [4.69, 9.17) is 4.74 Å². The number of likely N-dealkylation sites (N-methyl/N-ethyl adjacent to an activating group) is 1. The molecule has 10 nitrogen and oxygen atoms in total. The first-order valence-electron chi connectivity index (χ1n) is 9.97. The number of hydrogen-bond donors (Lipinski definition) is 2. The van der Waals surface area contributed by atoms with E-state index in [1.807, 2.05) is 24.4 Å². The molecule has 0 saturated carbocycles. The zero-order valence-corrected chi connectivity index (χ0v) is 18.1. The molecule has 1 saturated heterocycles. The number of alkyl carbamates (subject to hydrolysis) is 1. The van der Waals surface area contributed by atoms with E-state index in [2.05, 4.69) is 10.3 Å². The summed E-state index contributed by atoms with van der Waals surface area (Å²) in [5.74, 6) is 0. The van der Waals surface area contributed by atoms with Crippen LogP contribution in [0, 0.1) is 10.1 Å². The number of cyclic esters (lactones) is 1. The van der Waals surface area contributed by atoms with Crippen molar-refractivity contribution >= 4 is 32.7 Å². The lowest BCUT2D eigenvalue weighted by Gasteiger charge is -2.17. The van der Waals surface area contributed by atoms with Gasteiger partial charge in [-0.05, 0) is 48.2 Å². The first-order chi connectivity index (χ1) is 15.2. The number of sulfonamides is 1. The Kier molecular flexibility index (Phi) is 5.85. The molecule has 1 atom stereocenters. The van der Waals surface area contributed by atoms with Gasteiger partial charge in [-0.15, -0.1) is 0 Å². The van der Waals surface area contributed by atoms with Crippen LogP contribution < -0.4 is 5.32 Å². The molecule has 3 aromatic rings. The minimum Gasteiger partial charge on any atom is -0.447 e. The SMILES string of the molecule is CN(CCc1c[nH]c2ccc(CC3COC(=O)N3)cc12)S(=O)(=O)c1ccc([N+](=O)[O-])cc1. The molecule has 0 spiro atoms. The highest BCUT2D eigenvalue weighted by atomic mass is 32.2. The minimum absolute atomic E-state index is 0.00708. The van der Waals surface area contributed by atoms with Crippen molar-refractivity contribution in [1.29, 1.82) is 0 Å². The molecule has 1 amide bonds. The molecule has 2 heterocycles. The summed E-state index contributed by atoms with van der Waals surface area (Å²) in [5, 5.41) is 14.5. The maximum absolute atomic E-state index is 12.8. The summed E-state index contributed by atoms with van der Waals surface area (Å²) < 4.78 is 31.8. The molecule has 2 N–H and O–H groups in total. The van der Waals surface area contributed by atoms with Crippen molar-refractivity contribution in [2.45, 2.75) is 23.8 Å². The number of fused-ring (bicyclic) bond motifs is 1. The molecule has 0 aliphatic carbocycles. The quantitative estimate of drug-likeness (QED) is 0.394. The average molecular weight is 458 g/mol. The van der Waals surface area contributed by atoms with E-state index < -0.39 is 21.0 Å². The molecule has 2 aromatic carbocycles. The van der Waals surface area contributed by atoms with Crippen LogP contribution in [0.25, 0.3) is 10.9 Å². The fraction of sp³-hybridized carbons (Fsp3) is 0.286. The number of benzene rings is 2. The van der Waals surface area contributed by atoms with Crippen LogP contribution in [0.5, 0.6) is 0 Å². The van der Waals surface area contributed by atoms with Crippen molar-refractivity contribution in [2.75, 3.05) is 20.2 Å². The number of aromatic amines is 1. The first-order valence-corrected chi connectivity index (χ1v) is 11.4. The van der Waals surface area contributed by atoms with Gasteiger partial charge in [0, 0.05) is 42.8 Å². The van der Waals surface area contributed by atoms with E-state index in [9.17, 15) is 23.3 Å². The predicted octanol–water partition coefficient (Wildman–Crippen LogP) is 2.59. The lowest BCUT2D eigenvalue weighted by atomic mass is 10.0. The number of nitro benzene ring substituents is 1. The van der Waals surface area contributed by atoms with Gasteiger partial charge < -0.3 is 15.0 Å². The zero-order chi connectivity index (χ0) is 22.9. The third-order valence-electron chi connectivity index (χ3n) is 5.50. The van der Waals surface area contributed by atoms with Crippen LogP contribution in [0.1, 0.15) is 11.1 Å². The van der Waals surface area contributed by atoms with Gasteiger partial charge in [0.25, 0.3) is 5.69 Å². The molecule has 1 aromatic heterocycles. The average Bonchev–Trinajstić information content (AvgIpc) is 3.37. The monoisotopic (exact) mass is 458 g/mol. The van der Waals surface area contributed by atoms with Crippen LogP contribution in [-0.4, -0.2) is 55.0 Å². The van der Waals surface area contributed by atoms with Gasteiger partial charge in [-0.1, -0.05) is 6.07 Å². The van der Waals surface area contributed by atoms with E-state index in [-0.39, 0.29) is 23.2 Å². The van der Waals surface area contributed by atoms with Gasteiger partial charge in [0.05, 0.1) is 15.9 Å². The Labute approximate surface area is 184 Å². The lowest BCUT2D eigenvalue weighted by molar-refractivity contribution is -0.384. The number of carbonyl (C=O) groups excluding carboxylic acids is 1. The van der Waals surface area contributed by atoms with Gasteiger partial charge in [-0.25, -0.2) is 17.5 Å². The highest BCUT2D eigenvalue weighted by Crippen LogP contribution is 2.23. The van der Waals surface area contributed by atoms with E-state index in [0.29, 0.717) is 19.4 Å². The maximum Gasteiger partial charge on any atom is 0.407 e. The molecule has 1 fully saturated rings. The highest BCUT2D eigenvalue weighted by molar-refractivity contribution is 7.89. The number of rotatable bonds is 8. The van der Waals surface area contributed by atoms with Crippen LogP contribution in [0.3, 0.4) is 0 Å². The number of aromatic nitrogens is 1. The molecule has 1 unspecified atom stereocenters. The van der Waals surface area contributed by atoms with E-state index >= 15 is 0 Å². The summed E-state index contributed by atoms with van der Waals surface area (Å²) in [6.45, 7) is 0.575. The summed E-state index contributed by atoms with van der Waals surface area (Å²) in [6, 6.07) is 10.8. The molecule has 11 heteroatoms. The van der Waals surface area contributed by atoms with Gasteiger partial charge in [-0.2, -0.15) is 0 Å². The number of carbonyl (C=O) groups is 1. The largest absolute Gasteiger partial charge is 0.447 e. The Morgan fingerprint density at radius 3 is 2.62 bits per heavy atom. The minimum atomic E-state index is -3.77. The van der Waals surface area contributed by atoms with Crippen LogP contribution in [0.4, 0.5) is 10.5 Å². The van der Waals surface area contributed by atoms with Crippen molar-refractivity contribution in [3.63, 3.8) is 0 Å². The summed E-state index contributed by atoms with van der Waals surface area (Å²) >= 11 is 0. The Morgan fingerprint density at radius 1 is 1.22 bits per heavy atom. The van der Waals surface area contributed by atoms with Crippen molar-refractivity contribution in [1.82, 2.24) is 14.6 Å². The zero-order valence-electron chi connectivity index (χ0n) is 17.3. The van der Waals surface area contributed by atoms with Crippen LogP contribution >= 0.6 is 0 Å². The first kappa shape index (κ1) is 21.8. The number of nitrogens with zero attached hydrogens (tertiary/aromatic N) is 2. The smallest absolute Gasteiger partial charge is 0.407 e. The second-order valence-corrected chi connectivity index (χ2v) is 9.71. The Hall–Kier alpha value is -3.44. The van der Waals surface area contributed by atoms with Crippen molar-refractivity contribution in [2.24, 2.45) is 0 Å². The number of ether oxygens (including phenoxy) is 1. The van der Waals surface area contributed by atoms with Crippen molar-refractivity contribution < 1.29 is 22.9 Å². The van der Waals surface area contributed by atoms with Gasteiger partial charge in [0.15, 0.2) is 0 Å². The Morgan fingerprint density at radius 2 is 1.97 bits per heavy atom. The molecule has 0 radical (unpaired) electrons. The molecule has 168 valence electrons. The van der Waals surface area contributed by atoms with Crippen LogP contribution in [-0.2, 0) is 27.6 Å². The number of non-ortho nitro benzene ring substituents is 1. The van der Waals surface area contributed by atoms with E-state index in [1.165, 1.54) is 35.6 Å². The van der Waals surface area contributed by atoms with Gasteiger partial charge >= 0.3 is 6.09 Å². The van der Waals surface area contributed by atoms with Gasteiger partial charge in [0.1, 0.15) is 6.61 Å². The molecular formula is C21H22N4O6S. The third-order valence-corrected chi connectivity index (χ3v) is 7.37. The van der Waals surface area contributed by atoms with E-state index in [0.717, 1.165) is 22.0 Å². The third kappa shape index (κ3) is 4.43. The molecule has 4 rings (SSSR count). The fourth-order valence-corrected chi connectivity index (χ4v) is 4.87. The predicted molar refractivity (Wildman–Crippen MR) is 117 cm³/mol. The number of amides is 1. The molecule has 32 heavy (non-hydrogen) atoms. The highest BCUT2D eigenvalue weighted by Gasteiger charge is 2.23. The fourth-order valence-electron chi connectivity index (χ4n) is 3.70. The Balaban J connectivity index is 1.46. The summed E-state index contributed by atoms with van der Waals surface area (Å²) in [6.07, 6.45) is 2.58. The summed E-state index contributed by atoms with van der Waals surface area (Å²) in [5.41, 5.74) is 2.79. The molecular weight excluding hydrogens is 436 g/mol. The van der Waals surface area contributed by atoms with Crippen LogP contribution in [0.2, 0.25) is 0 Å². The van der Waals surface area contributed by atoms with E-state index in [1.54, 1.807) is 0 Å². The number of nitro groups is 1. The summed E-state index contributed by atoms with van der Waals surface area (Å²) in [4.78, 5) is 24.7. The van der Waals surface area contributed by atoms with Crippen LogP contribution in [0.15, 0.2) is 53.6 Å². The second kappa shape index (κ2) is 8.60. The topological polar surface area (TPSA) is 135 Å². The Bertz CT molecular complexity index is 1270. The van der Waals surface area contributed by atoms with Gasteiger partial charge in [-0.3, -0.25) is 10.1 Å². The number of hydrogen-bond acceptors (Lipinski definition) is 6. The van der Waals surface area contributed by atoms with Gasteiger partial charge in [0.2, 0.25) is 10.0 Å².